The summed E-state index contributed by atoms with van der Waals surface area (Å²) in [6.45, 7) is 0. The molecule has 0 spiro atoms. The first-order valence-electron chi connectivity index (χ1n) is 5.40. The van der Waals surface area contributed by atoms with Gasteiger partial charge in [0.15, 0.2) is 0 Å². The van der Waals surface area contributed by atoms with Gasteiger partial charge in [0.25, 0.3) is 0 Å². The van der Waals surface area contributed by atoms with Gasteiger partial charge in [-0.1, -0.05) is 30.3 Å². The van der Waals surface area contributed by atoms with E-state index in [1.807, 2.05) is 6.07 Å². The van der Waals surface area contributed by atoms with E-state index in [1.165, 1.54) is 12.1 Å². The van der Waals surface area contributed by atoms with E-state index in [9.17, 15) is 4.79 Å². The Morgan fingerprint density at radius 2 is 1.72 bits per heavy atom. The largest absolute Gasteiger partial charge is 0.488 e. The highest BCUT2D eigenvalue weighted by molar-refractivity contribution is 6.58. The van der Waals surface area contributed by atoms with E-state index in [2.05, 4.69) is 0 Å². The Morgan fingerprint density at radius 3 is 2.39 bits per heavy atom. The van der Waals surface area contributed by atoms with Crippen molar-refractivity contribution < 1.29 is 19.6 Å². The molecule has 0 amide bonds. The third kappa shape index (κ3) is 2.97. The van der Waals surface area contributed by atoms with Crippen LogP contribution in [0.3, 0.4) is 0 Å². The Labute approximate surface area is 105 Å². The van der Waals surface area contributed by atoms with Crippen molar-refractivity contribution in [1.29, 1.82) is 0 Å². The van der Waals surface area contributed by atoms with E-state index in [0.717, 1.165) is 0 Å². The maximum atomic E-state index is 11.8. The molecule has 2 aromatic rings. The minimum absolute atomic E-state index is 0.248. The number of hydrogen-bond acceptors (Lipinski definition) is 4. The smallest absolute Gasteiger partial charge is 0.423 e. The Balaban J connectivity index is 2.16. The second-order valence-electron chi connectivity index (χ2n) is 3.70. The van der Waals surface area contributed by atoms with Crippen LogP contribution in [0.1, 0.15) is 10.4 Å². The predicted octanol–water partition coefficient (Wildman–Crippen LogP) is 0.586. The molecule has 0 fully saturated rings. The van der Waals surface area contributed by atoms with E-state index in [1.54, 1.807) is 36.4 Å². The first-order valence-corrected chi connectivity index (χ1v) is 5.40. The van der Waals surface area contributed by atoms with Crippen LogP contribution in [0.5, 0.6) is 5.75 Å². The molecule has 5 heteroatoms. The van der Waals surface area contributed by atoms with Crippen LogP contribution in [-0.4, -0.2) is 23.1 Å². The molecule has 0 radical (unpaired) electrons. The lowest BCUT2D eigenvalue weighted by molar-refractivity contribution is 0.0735. The monoisotopic (exact) mass is 242 g/mol. The molecule has 0 aromatic heterocycles. The van der Waals surface area contributed by atoms with Crippen LogP contribution in [-0.2, 0) is 0 Å². The number of carbonyl (C=O) groups is 1. The predicted molar refractivity (Wildman–Crippen MR) is 67.7 cm³/mol. The molecule has 0 aliphatic heterocycles. The summed E-state index contributed by atoms with van der Waals surface area (Å²) >= 11 is 0. The van der Waals surface area contributed by atoms with Crippen molar-refractivity contribution in [3.8, 4) is 5.75 Å². The van der Waals surface area contributed by atoms with Crippen LogP contribution in [0, 0.1) is 0 Å². The van der Waals surface area contributed by atoms with E-state index in [0.29, 0.717) is 5.75 Å². The van der Waals surface area contributed by atoms with Crippen molar-refractivity contribution in [2.75, 3.05) is 0 Å². The summed E-state index contributed by atoms with van der Waals surface area (Å²) in [6.07, 6.45) is 0. The highest BCUT2D eigenvalue weighted by Gasteiger charge is 2.14. The van der Waals surface area contributed by atoms with Crippen LogP contribution in [0.2, 0.25) is 0 Å². The Morgan fingerprint density at radius 1 is 1.00 bits per heavy atom. The Hall–Kier alpha value is -2.11. The Kier molecular flexibility index (Phi) is 3.77. The number of rotatable bonds is 3. The fourth-order valence-electron chi connectivity index (χ4n) is 1.48. The van der Waals surface area contributed by atoms with E-state index >= 15 is 0 Å². The van der Waals surface area contributed by atoms with Gasteiger partial charge in [-0.3, -0.25) is 0 Å². The molecule has 0 aliphatic rings. The zero-order valence-electron chi connectivity index (χ0n) is 9.48. The van der Waals surface area contributed by atoms with Crippen molar-refractivity contribution in [2.45, 2.75) is 0 Å². The standard InChI is InChI=1S/C13H11BO4/c15-13(18-12-7-2-1-3-8-12)10-5-4-6-11(9-10)14(16)17/h1-9,16-17H. The van der Waals surface area contributed by atoms with Gasteiger partial charge in [-0.15, -0.1) is 0 Å². The number of benzene rings is 2. The second kappa shape index (κ2) is 5.49. The van der Waals surface area contributed by atoms with Crippen molar-refractivity contribution >= 4 is 18.6 Å². The summed E-state index contributed by atoms with van der Waals surface area (Å²) in [5, 5.41) is 18.0. The minimum Gasteiger partial charge on any atom is -0.423 e. The van der Waals surface area contributed by atoms with Gasteiger partial charge in [-0.25, -0.2) is 4.79 Å². The molecule has 2 aromatic carbocycles. The lowest BCUT2D eigenvalue weighted by Gasteiger charge is -2.05. The molecule has 0 saturated heterocycles. The molecular weight excluding hydrogens is 231 g/mol. The molecule has 2 N–H and O–H groups in total. The summed E-state index contributed by atoms with van der Waals surface area (Å²) in [5.74, 6) is -0.0962. The normalized spacial score (nSPS) is 9.89. The van der Waals surface area contributed by atoms with Crippen molar-refractivity contribution in [3.05, 3.63) is 60.2 Å². The third-order valence-electron chi connectivity index (χ3n) is 2.37. The molecule has 4 nitrogen and oxygen atoms in total. The summed E-state index contributed by atoms with van der Waals surface area (Å²) in [7, 11) is -1.60. The number of esters is 1. The first kappa shape index (κ1) is 12.4. The summed E-state index contributed by atoms with van der Waals surface area (Å²) in [5.41, 5.74) is 0.516. The SMILES string of the molecule is O=C(Oc1ccccc1)c1cccc(B(O)O)c1. The number of ether oxygens (including phenoxy) is 1. The summed E-state index contributed by atoms with van der Waals surface area (Å²) in [6, 6.07) is 14.7. The van der Waals surface area contributed by atoms with Crippen LogP contribution in [0.15, 0.2) is 54.6 Å². The van der Waals surface area contributed by atoms with Gasteiger partial charge in [0.1, 0.15) is 5.75 Å². The molecule has 2 rings (SSSR count). The van der Waals surface area contributed by atoms with Gasteiger partial charge in [-0.05, 0) is 29.7 Å². The fraction of sp³-hybridized carbons (Fsp3) is 0. The number of hydrogen-bond donors (Lipinski definition) is 2. The van der Waals surface area contributed by atoms with E-state index < -0.39 is 13.1 Å². The van der Waals surface area contributed by atoms with Gasteiger partial charge in [-0.2, -0.15) is 0 Å². The van der Waals surface area contributed by atoms with Crippen LogP contribution < -0.4 is 10.2 Å². The molecule has 0 saturated carbocycles. The van der Waals surface area contributed by atoms with Gasteiger partial charge < -0.3 is 14.8 Å². The molecule has 0 heterocycles. The van der Waals surface area contributed by atoms with E-state index in [-0.39, 0.29) is 11.0 Å². The molecule has 0 atom stereocenters. The van der Waals surface area contributed by atoms with Crippen LogP contribution >= 0.6 is 0 Å². The van der Waals surface area contributed by atoms with Gasteiger partial charge >= 0.3 is 13.1 Å². The first-order chi connectivity index (χ1) is 8.66. The average Bonchev–Trinajstić information content (AvgIpc) is 2.40. The molecule has 0 unspecified atom stereocenters. The lowest BCUT2D eigenvalue weighted by Crippen LogP contribution is -2.30. The van der Waals surface area contributed by atoms with Gasteiger partial charge in [0.05, 0.1) is 5.56 Å². The highest BCUT2D eigenvalue weighted by Crippen LogP contribution is 2.11. The van der Waals surface area contributed by atoms with Gasteiger partial charge in [0, 0.05) is 0 Å². The lowest BCUT2D eigenvalue weighted by atomic mass is 9.80. The Bertz CT molecular complexity index is 540. The molecule has 0 bridgehead atoms. The van der Waals surface area contributed by atoms with Gasteiger partial charge in [0.2, 0.25) is 0 Å². The van der Waals surface area contributed by atoms with Crippen molar-refractivity contribution in [1.82, 2.24) is 0 Å². The van der Waals surface area contributed by atoms with Crippen molar-refractivity contribution in [2.24, 2.45) is 0 Å². The minimum atomic E-state index is -1.60. The zero-order chi connectivity index (χ0) is 13.0. The average molecular weight is 242 g/mol. The number of para-hydroxylation sites is 1. The summed E-state index contributed by atoms with van der Waals surface area (Å²) in [4.78, 5) is 11.8. The molecule has 18 heavy (non-hydrogen) atoms. The maximum absolute atomic E-state index is 11.8. The molecule has 90 valence electrons. The summed E-state index contributed by atoms with van der Waals surface area (Å²) < 4.78 is 5.13. The second-order valence-corrected chi connectivity index (χ2v) is 3.70. The van der Waals surface area contributed by atoms with Crippen LogP contribution in [0.4, 0.5) is 0 Å². The third-order valence-corrected chi connectivity index (χ3v) is 2.37. The zero-order valence-corrected chi connectivity index (χ0v) is 9.48. The van der Waals surface area contributed by atoms with Crippen LogP contribution in [0.25, 0.3) is 0 Å². The molecular formula is C13H11BO4. The van der Waals surface area contributed by atoms with Crippen molar-refractivity contribution in [3.63, 3.8) is 0 Å². The molecule has 0 aliphatic carbocycles. The quantitative estimate of drug-likeness (QED) is 0.469. The highest BCUT2D eigenvalue weighted by atomic mass is 16.5. The topological polar surface area (TPSA) is 66.8 Å². The fourth-order valence-corrected chi connectivity index (χ4v) is 1.48. The number of carbonyl (C=O) groups excluding carboxylic acids is 1. The van der Waals surface area contributed by atoms with E-state index in [4.69, 9.17) is 14.8 Å². The maximum Gasteiger partial charge on any atom is 0.488 e.